The Hall–Kier alpha value is -6.04. The molecule has 0 aliphatic carbocycles. The van der Waals surface area contributed by atoms with Crippen LogP contribution < -0.4 is 15.4 Å². The van der Waals surface area contributed by atoms with Gasteiger partial charge in [-0.2, -0.15) is 0 Å². The van der Waals surface area contributed by atoms with E-state index in [0.717, 1.165) is 4.90 Å². The molecule has 0 bridgehead atoms. The molecule has 1 aromatic heterocycles. The molecule has 3 unspecified atom stereocenters. The maximum Gasteiger partial charge on any atom is 0.410 e. The maximum atomic E-state index is 14.8. The number of carbonyl (C=O) groups is 5. The number of likely N-dealkylation sites (tertiary alicyclic amines) is 1. The third kappa shape index (κ3) is 15.7. The molecule has 2 fully saturated rings. The molecule has 14 atom stereocenters. The van der Waals surface area contributed by atoms with Gasteiger partial charge in [-0.15, -0.1) is 0 Å². The lowest BCUT2D eigenvalue weighted by molar-refractivity contribution is -0.229. The molecule has 0 saturated carbocycles. The van der Waals surface area contributed by atoms with Crippen molar-refractivity contribution in [3.63, 3.8) is 0 Å². The average molecular weight is 1110 g/mol. The van der Waals surface area contributed by atoms with Gasteiger partial charge in [0, 0.05) is 51.8 Å². The summed E-state index contributed by atoms with van der Waals surface area (Å²) in [4.78, 5) is 78.4. The lowest BCUT2D eigenvalue weighted by atomic mass is 9.89. The van der Waals surface area contributed by atoms with Crippen LogP contribution in [0.1, 0.15) is 110 Å². The second-order valence-corrected chi connectivity index (χ2v) is 21.6. The zero-order chi connectivity index (χ0) is 58.4. The first-order chi connectivity index (χ1) is 37.5. The molecule has 2 aliphatic rings. The largest absolute Gasteiger partial charge is 0.464 e. The van der Waals surface area contributed by atoms with Crippen LogP contribution in [0.2, 0.25) is 0 Å². The van der Waals surface area contributed by atoms with Crippen LogP contribution in [-0.2, 0) is 51.3 Å². The number of hydrogen-bond acceptors (Lipinski definition) is 16. The van der Waals surface area contributed by atoms with Crippen LogP contribution in [0.4, 0.5) is 4.79 Å². The minimum Gasteiger partial charge on any atom is -0.464 e. The molecule has 79 heavy (non-hydrogen) atoms. The second kappa shape index (κ2) is 29.4. The predicted octanol–water partition coefficient (Wildman–Crippen LogP) is 5.34. The molecule has 2 aliphatic heterocycles. The van der Waals surface area contributed by atoms with Gasteiger partial charge in [-0.1, -0.05) is 90.3 Å². The fourth-order valence-electron chi connectivity index (χ4n) is 10.8. The van der Waals surface area contributed by atoms with Crippen LogP contribution in [0.5, 0.6) is 5.75 Å². The van der Waals surface area contributed by atoms with Crippen LogP contribution in [0, 0.1) is 23.7 Å². The number of azide groups is 1. The minimum atomic E-state index is -1.32. The van der Waals surface area contributed by atoms with Crippen molar-refractivity contribution in [1.82, 2.24) is 25.3 Å². The number of amides is 5. The first kappa shape index (κ1) is 63.8. The summed E-state index contributed by atoms with van der Waals surface area (Å²) < 4.78 is 35.6. The number of likely N-dealkylation sites (N-methyl/N-ethyl adjacent to an activating group) is 2. The average Bonchev–Trinajstić information content (AvgIpc) is 4.12. The molecule has 0 spiro atoms. The van der Waals surface area contributed by atoms with Crippen molar-refractivity contribution in [3.8, 4) is 5.75 Å². The molecule has 3 heterocycles. The Morgan fingerprint density at radius 1 is 0.937 bits per heavy atom. The standard InChI is InChI=1S/C56H84N8O15/c1-13-32(6)48(42(74-11)26-44(67)64-23-17-20-39(64)51(75-12)33(7)53(70)59-34(8)49(68)35-18-15-14-16-19-35)62(9)55(72)46(30(2)3)60-54(71)47(31(4)5)63(10)56(73)76-29-36-21-22-41(38-24-37(27-58-61-57)77-52(36)38)78-45-25-40(66)50(69)43(28-65)79-45/h14-16,18-19,21-22,24,30-34,39-40,42-43,45-51,65-66,68-69H,13,17,20,23,25-29H2,1-12H3,(H,59,70)(H,60,71)/t32?,33-,34?,39+,40-,42-,43-,45-,46+,47+,48+,49?,50-,51-/m1/s1. The maximum absolute atomic E-state index is 14.8. The number of benzene rings is 2. The van der Waals surface area contributed by atoms with Gasteiger partial charge in [0.2, 0.25) is 29.9 Å². The molecule has 23 nitrogen and oxygen atoms in total. The molecule has 2 saturated heterocycles. The van der Waals surface area contributed by atoms with Gasteiger partial charge < -0.3 is 69.0 Å². The van der Waals surface area contributed by atoms with Gasteiger partial charge in [-0.3, -0.25) is 24.1 Å². The number of furan rings is 1. The van der Waals surface area contributed by atoms with Crippen molar-refractivity contribution in [2.24, 2.45) is 28.8 Å². The van der Waals surface area contributed by atoms with Crippen molar-refractivity contribution in [1.29, 1.82) is 0 Å². The Kier molecular flexibility index (Phi) is 23.8. The van der Waals surface area contributed by atoms with E-state index in [9.17, 15) is 44.4 Å². The van der Waals surface area contributed by atoms with Gasteiger partial charge in [0.25, 0.3) is 0 Å². The number of aliphatic hydroxyl groups excluding tert-OH is 4. The molecule has 23 heteroatoms. The second-order valence-electron chi connectivity index (χ2n) is 21.6. The van der Waals surface area contributed by atoms with Crippen LogP contribution in [0.15, 0.2) is 58.1 Å². The lowest BCUT2D eigenvalue weighted by Gasteiger charge is -2.41. The van der Waals surface area contributed by atoms with E-state index in [4.69, 9.17) is 33.6 Å². The number of rotatable bonds is 27. The molecule has 438 valence electrons. The highest BCUT2D eigenvalue weighted by Gasteiger charge is 2.44. The van der Waals surface area contributed by atoms with Crippen molar-refractivity contribution < 1.29 is 72.5 Å². The molecule has 0 radical (unpaired) electrons. The van der Waals surface area contributed by atoms with Crippen LogP contribution in [0.25, 0.3) is 21.4 Å². The molecule has 6 N–H and O–H groups in total. The Balaban J connectivity index is 1.27. The van der Waals surface area contributed by atoms with Gasteiger partial charge in [-0.25, -0.2) is 4.79 Å². The SMILES string of the molecule is CCC(C)[C@@H]([C@@H](CC(=O)N1CCC[C@H]1[C@H](OC)[C@@H](C)C(=O)NC(C)C(O)c1ccccc1)OC)N(C)C(=O)[C@@H](NC(=O)[C@H](C(C)C)N(C)C(=O)OCc1ccc(O[C@H]2C[C@@H](O)[C@@H](O)[C@@H](CO)O2)c2cc(CN=[N+]=[N-])oc12)C(C)C. The summed E-state index contributed by atoms with van der Waals surface area (Å²) in [7, 11) is 6.07. The Morgan fingerprint density at radius 2 is 1.63 bits per heavy atom. The topological polar surface area (TPSA) is 308 Å². The van der Waals surface area contributed by atoms with E-state index >= 15 is 0 Å². The minimum absolute atomic E-state index is 0.0870. The van der Waals surface area contributed by atoms with E-state index in [1.54, 1.807) is 88.7 Å². The third-order valence-corrected chi connectivity index (χ3v) is 15.5. The Labute approximate surface area is 462 Å². The number of fused-ring (bicyclic) bond motifs is 1. The summed E-state index contributed by atoms with van der Waals surface area (Å²) in [5.74, 6) is -2.82. The Bertz CT molecular complexity index is 2540. The highest BCUT2D eigenvalue weighted by atomic mass is 16.7. The summed E-state index contributed by atoms with van der Waals surface area (Å²) in [5, 5.41) is 51.0. The van der Waals surface area contributed by atoms with Gasteiger partial charge in [0.15, 0.2) is 0 Å². The van der Waals surface area contributed by atoms with E-state index in [0.29, 0.717) is 42.3 Å². The van der Waals surface area contributed by atoms with Crippen LogP contribution >= 0.6 is 0 Å². The van der Waals surface area contributed by atoms with Gasteiger partial charge in [-0.05, 0) is 66.8 Å². The number of ether oxygens (including phenoxy) is 5. The highest BCUT2D eigenvalue weighted by Crippen LogP contribution is 2.36. The molecular weight excluding hydrogens is 1020 g/mol. The normalized spacial score (nSPS) is 21.9. The predicted molar refractivity (Wildman–Crippen MR) is 291 cm³/mol. The number of nitrogens with one attached hydrogen (secondary N) is 2. The monoisotopic (exact) mass is 1110 g/mol. The van der Waals surface area contributed by atoms with Crippen LogP contribution in [0.3, 0.4) is 0 Å². The summed E-state index contributed by atoms with van der Waals surface area (Å²) in [6.07, 6.45) is -6.22. The smallest absolute Gasteiger partial charge is 0.410 e. The molecule has 3 aromatic rings. The van der Waals surface area contributed by atoms with E-state index < -0.39 is 115 Å². The fraction of sp³-hybridized carbons (Fsp3) is 0.661. The zero-order valence-corrected chi connectivity index (χ0v) is 47.7. The molecular formula is C56H84N8O15. The van der Waals surface area contributed by atoms with E-state index in [2.05, 4.69) is 20.7 Å². The molecule has 2 aromatic carbocycles. The number of nitrogens with zero attached hydrogens (tertiary/aromatic N) is 6. The van der Waals surface area contributed by atoms with Crippen LogP contribution in [-0.4, -0.2) is 173 Å². The van der Waals surface area contributed by atoms with E-state index in [1.165, 1.54) is 21.3 Å². The van der Waals surface area contributed by atoms with E-state index in [1.807, 2.05) is 32.0 Å². The highest BCUT2D eigenvalue weighted by molar-refractivity contribution is 5.92. The molecule has 5 rings (SSSR count). The number of hydrogen-bond donors (Lipinski definition) is 6. The lowest BCUT2D eigenvalue weighted by Crippen LogP contribution is -2.60. The Morgan fingerprint density at radius 3 is 2.24 bits per heavy atom. The fourth-order valence-corrected chi connectivity index (χ4v) is 10.8. The summed E-state index contributed by atoms with van der Waals surface area (Å²) in [6.45, 7) is 13.9. The number of methoxy groups -OCH3 is 2. The van der Waals surface area contributed by atoms with Crippen molar-refractivity contribution in [3.05, 3.63) is 75.9 Å². The van der Waals surface area contributed by atoms with Crippen molar-refractivity contribution in [2.75, 3.05) is 41.5 Å². The van der Waals surface area contributed by atoms with Crippen molar-refractivity contribution in [2.45, 2.75) is 174 Å². The van der Waals surface area contributed by atoms with Gasteiger partial charge >= 0.3 is 6.09 Å². The zero-order valence-electron chi connectivity index (χ0n) is 47.7. The number of aliphatic hydroxyl groups is 4. The van der Waals surface area contributed by atoms with E-state index in [-0.39, 0.29) is 60.8 Å². The number of carbonyl (C=O) groups excluding carboxylic acids is 5. The van der Waals surface area contributed by atoms with Gasteiger partial charge in [0.05, 0.1) is 73.4 Å². The first-order valence-electron chi connectivity index (χ1n) is 27.2. The summed E-state index contributed by atoms with van der Waals surface area (Å²) in [6, 6.07) is 9.96. The summed E-state index contributed by atoms with van der Waals surface area (Å²) >= 11 is 0. The molecule has 5 amide bonds. The third-order valence-electron chi connectivity index (χ3n) is 15.5. The summed E-state index contributed by atoms with van der Waals surface area (Å²) in [5.41, 5.74) is 10.2. The van der Waals surface area contributed by atoms with Gasteiger partial charge in [0.1, 0.15) is 48.0 Å². The quantitative estimate of drug-likeness (QED) is 0.0319. The first-order valence-corrected chi connectivity index (χ1v) is 27.2. The van der Waals surface area contributed by atoms with Crippen molar-refractivity contribution >= 4 is 40.7 Å².